The van der Waals surface area contributed by atoms with Crippen LogP contribution in [0.4, 0.5) is 0 Å². The quantitative estimate of drug-likeness (QED) is 0.350. The summed E-state index contributed by atoms with van der Waals surface area (Å²) in [6.45, 7) is 4.82. The SMILES string of the molecule is Cc1nc2ccccc2n1[C@H]1C[C@H]2CC[C@@H](C1)N2CCC1(c2ccccc2)CCN(C(=O)c2cnnn2C)CC1. The summed E-state index contributed by atoms with van der Waals surface area (Å²) < 4.78 is 4.10. The number of aryl methyl sites for hydroxylation is 2. The molecule has 8 heteroatoms. The molecule has 208 valence electrons. The molecular formula is C32H39N7O. The molecule has 0 spiro atoms. The molecule has 8 nitrogen and oxygen atoms in total. The highest BCUT2D eigenvalue weighted by atomic mass is 16.2. The molecule has 3 fully saturated rings. The van der Waals surface area contributed by atoms with Crippen LogP contribution in [-0.2, 0) is 12.5 Å². The van der Waals surface area contributed by atoms with Crippen LogP contribution in [-0.4, -0.2) is 72.0 Å². The Kier molecular flexibility index (Phi) is 6.45. The van der Waals surface area contributed by atoms with Crippen LogP contribution in [0.25, 0.3) is 11.0 Å². The summed E-state index contributed by atoms with van der Waals surface area (Å²) in [5.74, 6) is 1.18. The number of aromatic nitrogens is 5. The standard InChI is InChI=1S/C32H39N7O/c1-23-34-28-10-6-7-11-29(28)39(23)27-20-25-12-13-26(21-27)38(25)19-16-32(24-8-4-3-5-9-24)14-17-37(18-15-32)31(40)30-22-33-35-36(30)2/h3-11,22,25-27H,12-21H2,1-2H3/t25-,26+,27+. The van der Waals surface area contributed by atoms with E-state index in [0.717, 1.165) is 50.2 Å². The van der Waals surface area contributed by atoms with E-state index in [9.17, 15) is 4.79 Å². The highest BCUT2D eigenvalue weighted by Gasteiger charge is 2.44. The lowest BCUT2D eigenvalue weighted by Crippen LogP contribution is -2.49. The molecule has 4 aromatic rings. The van der Waals surface area contributed by atoms with Gasteiger partial charge in [0, 0.05) is 38.3 Å². The number of likely N-dealkylation sites (tertiary alicyclic amines) is 1. The Morgan fingerprint density at radius 1 is 0.950 bits per heavy atom. The number of piperidine rings is 2. The van der Waals surface area contributed by atoms with E-state index in [1.54, 1.807) is 17.9 Å². The van der Waals surface area contributed by atoms with Crippen molar-refractivity contribution < 1.29 is 4.79 Å². The monoisotopic (exact) mass is 537 g/mol. The fourth-order valence-corrected chi connectivity index (χ4v) is 8.05. The zero-order chi connectivity index (χ0) is 27.3. The van der Waals surface area contributed by atoms with E-state index in [1.807, 2.05) is 4.90 Å². The van der Waals surface area contributed by atoms with Crippen molar-refractivity contribution in [3.8, 4) is 0 Å². The van der Waals surface area contributed by atoms with Crippen LogP contribution >= 0.6 is 0 Å². The highest BCUT2D eigenvalue weighted by molar-refractivity contribution is 5.92. The summed E-state index contributed by atoms with van der Waals surface area (Å²) in [6.07, 6.45) is 9.69. The lowest BCUT2D eigenvalue weighted by atomic mass is 9.70. The molecule has 0 saturated carbocycles. The van der Waals surface area contributed by atoms with Crippen molar-refractivity contribution in [2.75, 3.05) is 19.6 Å². The minimum Gasteiger partial charge on any atom is -0.337 e. The highest BCUT2D eigenvalue weighted by Crippen LogP contribution is 2.45. The second kappa shape index (κ2) is 10.1. The Morgan fingerprint density at radius 3 is 2.35 bits per heavy atom. The number of para-hydroxylation sites is 2. The van der Waals surface area contributed by atoms with Gasteiger partial charge < -0.3 is 9.47 Å². The molecule has 1 amide bonds. The van der Waals surface area contributed by atoms with Gasteiger partial charge in [-0.3, -0.25) is 9.69 Å². The third-order valence-electron chi connectivity index (χ3n) is 10.2. The Hall–Kier alpha value is -3.52. The topological polar surface area (TPSA) is 72.1 Å². The van der Waals surface area contributed by atoms with Crippen molar-refractivity contribution in [2.24, 2.45) is 7.05 Å². The first kappa shape index (κ1) is 25.4. The van der Waals surface area contributed by atoms with Gasteiger partial charge in [-0.25, -0.2) is 9.67 Å². The second-order valence-corrected chi connectivity index (χ2v) is 12.2. The first-order valence-corrected chi connectivity index (χ1v) is 14.9. The van der Waals surface area contributed by atoms with Gasteiger partial charge in [-0.2, -0.15) is 0 Å². The average Bonchev–Trinajstić information content (AvgIpc) is 3.63. The van der Waals surface area contributed by atoms with Crippen LogP contribution in [0.5, 0.6) is 0 Å². The lowest BCUT2D eigenvalue weighted by Gasteiger charge is -2.45. The molecule has 7 rings (SSSR count). The molecule has 5 heterocycles. The number of amides is 1. The third-order valence-corrected chi connectivity index (χ3v) is 10.2. The van der Waals surface area contributed by atoms with Crippen molar-refractivity contribution in [3.63, 3.8) is 0 Å². The van der Waals surface area contributed by atoms with Gasteiger partial charge in [-0.05, 0) is 81.5 Å². The smallest absolute Gasteiger partial charge is 0.273 e. The number of hydrogen-bond acceptors (Lipinski definition) is 5. The van der Waals surface area contributed by atoms with Crippen LogP contribution in [0.1, 0.15) is 72.9 Å². The predicted octanol–water partition coefficient (Wildman–Crippen LogP) is 4.91. The molecule has 2 aromatic heterocycles. The van der Waals surface area contributed by atoms with Gasteiger partial charge in [0.05, 0.1) is 17.2 Å². The number of rotatable bonds is 6. The van der Waals surface area contributed by atoms with E-state index in [2.05, 4.69) is 81.3 Å². The molecule has 3 atom stereocenters. The normalized spacial score (nSPS) is 24.6. The van der Waals surface area contributed by atoms with E-state index < -0.39 is 0 Å². The third kappa shape index (κ3) is 4.33. The van der Waals surface area contributed by atoms with Gasteiger partial charge >= 0.3 is 0 Å². The Labute approximate surface area is 236 Å². The molecule has 0 radical (unpaired) electrons. The van der Waals surface area contributed by atoms with Crippen LogP contribution in [0.2, 0.25) is 0 Å². The maximum absolute atomic E-state index is 13.2. The molecule has 0 aliphatic carbocycles. The summed E-state index contributed by atoms with van der Waals surface area (Å²) >= 11 is 0. The number of carbonyl (C=O) groups excluding carboxylic acids is 1. The Balaban J connectivity index is 1.07. The van der Waals surface area contributed by atoms with Gasteiger partial charge in [-0.15, -0.1) is 5.10 Å². The van der Waals surface area contributed by atoms with Crippen LogP contribution < -0.4 is 0 Å². The van der Waals surface area contributed by atoms with Gasteiger partial charge in [0.2, 0.25) is 0 Å². The Morgan fingerprint density at radius 2 is 1.65 bits per heavy atom. The molecule has 3 aliphatic rings. The van der Waals surface area contributed by atoms with Crippen molar-refractivity contribution in [2.45, 2.75) is 75.4 Å². The fraction of sp³-hybridized carbons (Fsp3) is 0.500. The second-order valence-electron chi connectivity index (χ2n) is 12.2. The van der Waals surface area contributed by atoms with Gasteiger partial charge in [-0.1, -0.05) is 47.7 Å². The summed E-state index contributed by atoms with van der Waals surface area (Å²) in [7, 11) is 1.78. The molecular weight excluding hydrogens is 498 g/mol. The maximum atomic E-state index is 13.2. The molecule has 3 aliphatic heterocycles. The van der Waals surface area contributed by atoms with Gasteiger partial charge in [0.1, 0.15) is 11.5 Å². The number of imidazole rings is 1. The number of nitrogens with zero attached hydrogens (tertiary/aromatic N) is 7. The number of benzene rings is 2. The number of carbonyl (C=O) groups is 1. The number of hydrogen-bond donors (Lipinski definition) is 0. The minimum absolute atomic E-state index is 0.0385. The lowest BCUT2D eigenvalue weighted by molar-refractivity contribution is 0.0598. The van der Waals surface area contributed by atoms with E-state index in [1.165, 1.54) is 36.8 Å². The molecule has 0 unspecified atom stereocenters. The fourth-order valence-electron chi connectivity index (χ4n) is 8.05. The van der Waals surface area contributed by atoms with Crippen LogP contribution in [0.3, 0.4) is 0 Å². The predicted molar refractivity (Wildman–Crippen MR) is 155 cm³/mol. The maximum Gasteiger partial charge on any atom is 0.273 e. The van der Waals surface area contributed by atoms with Crippen molar-refractivity contribution in [3.05, 3.63) is 77.9 Å². The zero-order valence-electron chi connectivity index (χ0n) is 23.6. The van der Waals surface area contributed by atoms with Crippen LogP contribution in [0.15, 0.2) is 60.8 Å². The van der Waals surface area contributed by atoms with Gasteiger partial charge in [0.15, 0.2) is 0 Å². The summed E-state index contributed by atoms with van der Waals surface area (Å²) in [5, 5.41) is 7.87. The molecule has 0 N–H and O–H groups in total. The largest absolute Gasteiger partial charge is 0.337 e. The van der Waals surface area contributed by atoms with E-state index in [0.29, 0.717) is 23.8 Å². The minimum atomic E-state index is 0.0385. The van der Waals surface area contributed by atoms with E-state index in [-0.39, 0.29) is 11.3 Å². The van der Waals surface area contributed by atoms with E-state index >= 15 is 0 Å². The molecule has 3 saturated heterocycles. The first-order valence-electron chi connectivity index (χ1n) is 14.9. The summed E-state index contributed by atoms with van der Waals surface area (Å²) in [6, 6.07) is 21.4. The first-order chi connectivity index (χ1) is 19.5. The molecule has 40 heavy (non-hydrogen) atoms. The van der Waals surface area contributed by atoms with Crippen molar-refractivity contribution in [1.82, 2.24) is 34.3 Å². The van der Waals surface area contributed by atoms with Crippen molar-refractivity contribution >= 4 is 16.9 Å². The number of fused-ring (bicyclic) bond motifs is 3. The average molecular weight is 538 g/mol. The molecule has 2 aromatic carbocycles. The van der Waals surface area contributed by atoms with Crippen LogP contribution in [0, 0.1) is 6.92 Å². The van der Waals surface area contributed by atoms with E-state index in [4.69, 9.17) is 4.98 Å². The summed E-state index contributed by atoms with van der Waals surface area (Å²) in [5.41, 5.74) is 4.48. The zero-order valence-corrected chi connectivity index (χ0v) is 23.6. The summed E-state index contributed by atoms with van der Waals surface area (Å²) in [4.78, 5) is 22.9. The van der Waals surface area contributed by atoms with Gasteiger partial charge in [0.25, 0.3) is 5.91 Å². The Bertz CT molecular complexity index is 1490. The van der Waals surface area contributed by atoms with Crippen molar-refractivity contribution in [1.29, 1.82) is 0 Å². The molecule has 2 bridgehead atoms.